The van der Waals surface area contributed by atoms with Crippen LogP contribution in [-0.2, 0) is 24.2 Å². The number of hydrogen-bond donors (Lipinski definition) is 2. The molecule has 1 fully saturated rings. The van der Waals surface area contributed by atoms with Crippen molar-refractivity contribution in [2.24, 2.45) is 0 Å². The number of aromatic nitrogens is 2. The number of H-pyrrole nitrogens is 1. The van der Waals surface area contributed by atoms with Crippen molar-refractivity contribution in [3.05, 3.63) is 17.0 Å². The van der Waals surface area contributed by atoms with Crippen molar-refractivity contribution in [3.63, 3.8) is 0 Å². The molecule has 1 atom stereocenters. The maximum absolute atomic E-state index is 12.4. The summed E-state index contributed by atoms with van der Waals surface area (Å²) >= 11 is 0. The van der Waals surface area contributed by atoms with Crippen molar-refractivity contribution in [2.45, 2.75) is 83.3 Å². The first kappa shape index (κ1) is 16.5. The lowest BCUT2D eigenvalue weighted by Crippen LogP contribution is -2.46. The van der Waals surface area contributed by atoms with Gasteiger partial charge in [-0.15, -0.1) is 0 Å². The molecule has 1 unspecified atom stereocenters. The largest absolute Gasteiger partial charge is 0.352 e. The Hall–Kier alpha value is -1.36. The second-order valence-electron chi connectivity index (χ2n) is 7.27. The predicted octanol–water partition coefficient (Wildman–Crippen LogP) is 2.56. The highest BCUT2D eigenvalue weighted by Gasteiger charge is 2.25. The minimum absolute atomic E-state index is 0.117. The molecule has 0 bridgehead atoms. The molecule has 2 N–H and O–H groups in total. The Morgan fingerprint density at radius 1 is 1.26 bits per heavy atom. The van der Waals surface area contributed by atoms with E-state index in [1.807, 2.05) is 14.0 Å². The average Bonchev–Trinajstić information content (AvgIpc) is 3.11. The Labute approximate surface area is 139 Å². The molecule has 0 aliphatic heterocycles. The van der Waals surface area contributed by atoms with Crippen LogP contribution in [0.3, 0.4) is 0 Å². The first-order chi connectivity index (χ1) is 11.1. The average molecular weight is 318 g/mol. The van der Waals surface area contributed by atoms with Crippen LogP contribution in [0, 0.1) is 0 Å². The lowest BCUT2D eigenvalue weighted by atomic mass is 10.1. The van der Waals surface area contributed by atoms with Gasteiger partial charge >= 0.3 is 0 Å². The molecule has 2 aliphatic carbocycles. The highest BCUT2D eigenvalue weighted by atomic mass is 16.2. The highest BCUT2D eigenvalue weighted by molar-refractivity contribution is 5.81. The van der Waals surface area contributed by atoms with Gasteiger partial charge in [0.2, 0.25) is 5.91 Å². The molecule has 3 rings (SSSR count). The van der Waals surface area contributed by atoms with E-state index in [-0.39, 0.29) is 11.9 Å². The maximum atomic E-state index is 12.4. The minimum atomic E-state index is -0.117. The summed E-state index contributed by atoms with van der Waals surface area (Å²) in [6, 6.07) is 0.272. The van der Waals surface area contributed by atoms with E-state index in [2.05, 4.69) is 20.4 Å². The van der Waals surface area contributed by atoms with E-state index in [0.717, 1.165) is 37.9 Å². The number of hydrogen-bond acceptors (Lipinski definition) is 3. The molecule has 23 heavy (non-hydrogen) atoms. The summed E-state index contributed by atoms with van der Waals surface area (Å²) in [5.74, 6) is 0.154. The van der Waals surface area contributed by atoms with Gasteiger partial charge in [-0.3, -0.25) is 14.8 Å². The van der Waals surface area contributed by atoms with Crippen LogP contribution in [-0.4, -0.2) is 40.1 Å². The molecule has 0 spiro atoms. The van der Waals surface area contributed by atoms with E-state index >= 15 is 0 Å². The summed E-state index contributed by atoms with van der Waals surface area (Å²) in [5, 5.41) is 10.9. The second-order valence-corrected chi connectivity index (χ2v) is 7.27. The quantitative estimate of drug-likeness (QED) is 0.820. The Kier molecular flexibility index (Phi) is 5.36. The summed E-state index contributed by atoms with van der Waals surface area (Å²) < 4.78 is 0. The maximum Gasteiger partial charge on any atom is 0.237 e. The molecule has 1 aromatic rings. The predicted molar refractivity (Wildman–Crippen MR) is 91.2 cm³/mol. The highest BCUT2D eigenvalue weighted by Crippen LogP contribution is 2.23. The number of amides is 1. The lowest BCUT2D eigenvalue weighted by Gasteiger charge is -2.25. The van der Waals surface area contributed by atoms with Crippen LogP contribution in [0.5, 0.6) is 0 Å². The van der Waals surface area contributed by atoms with E-state index < -0.39 is 0 Å². The number of fused-ring (bicyclic) bond motifs is 1. The SMILES string of the molecule is CC(C(=O)NC1CCCC1)N(C)Cc1n[nH]c2c1CCCCC2. The Morgan fingerprint density at radius 2 is 2.00 bits per heavy atom. The van der Waals surface area contributed by atoms with Gasteiger partial charge in [-0.1, -0.05) is 19.3 Å². The van der Waals surface area contributed by atoms with Gasteiger partial charge in [-0.05, 0) is 58.1 Å². The third-order valence-corrected chi connectivity index (χ3v) is 5.53. The molecule has 5 heteroatoms. The molecule has 1 amide bonds. The van der Waals surface area contributed by atoms with Gasteiger partial charge < -0.3 is 5.32 Å². The van der Waals surface area contributed by atoms with Crippen LogP contribution in [0.25, 0.3) is 0 Å². The first-order valence-corrected chi connectivity index (χ1v) is 9.20. The molecule has 1 heterocycles. The Balaban J connectivity index is 1.58. The number of rotatable bonds is 5. The number of aryl methyl sites for hydroxylation is 1. The van der Waals surface area contributed by atoms with Crippen molar-refractivity contribution in [1.82, 2.24) is 20.4 Å². The number of nitrogens with one attached hydrogen (secondary N) is 2. The zero-order chi connectivity index (χ0) is 16.2. The molecular weight excluding hydrogens is 288 g/mol. The molecule has 0 aromatic carbocycles. The van der Waals surface area contributed by atoms with Crippen LogP contribution < -0.4 is 5.32 Å². The standard InChI is InChI=1S/C18H30N4O/c1-13(18(23)19-14-8-6-7-9-14)22(2)12-17-15-10-4-3-5-11-16(15)20-21-17/h13-14H,3-12H2,1-2H3,(H,19,23)(H,20,21). The molecule has 2 aliphatic rings. The van der Waals surface area contributed by atoms with Crippen molar-refractivity contribution in [3.8, 4) is 0 Å². The van der Waals surface area contributed by atoms with Gasteiger partial charge in [-0.25, -0.2) is 0 Å². The lowest BCUT2D eigenvalue weighted by molar-refractivity contribution is -0.126. The van der Waals surface area contributed by atoms with Gasteiger partial charge in [0.15, 0.2) is 0 Å². The van der Waals surface area contributed by atoms with Crippen LogP contribution >= 0.6 is 0 Å². The fourth-order valence-electron chi connectivity index (χ4n) is 3.82. The van der Waals surface area contributed by atoms with E-state index in [1.54, 1.807) is 0 Å². The van der Waals surface area contributed by atoms with Crippen LogP contribution in [0.1, 0.15) is 68.8 Å². The summed E-state index contributed by atoms with van der Waals surface area (Å²) in [4.78, 5) is 14.5. The topological polar surface area (TPSA) is 61.0 Å². The van der Waals surface area contributed by atoms with Crippen molar-refractivity contribution in [2.75, 3.05) is 7.05 Å². The van der Waals surface area contributed by atoms with Crippen molar-refractivity contribution < 1.29 is 4.79 Å². The normalized spacial score (nSPS) is 20.3. The number of carbonyl (C=O) groups excluding carboxylic acids is 1. The number of aromatic amines is 1. The molecule has 0 saturated heterocycles. The van der Waals surface area contributed by atoms with Gasteiger partial charge in [0.05, 0.1) is 11.7 Å². The summed E-state index contributed by atoms with van der Waals surface area (Å²) in [6.45, 7) is 2.74. The number of nitrogens with zero attached hydrogens (tertiary/aromatic N) is 2. The van der Waals surface area contributed by atoms with Crippen molar-refractivity contribution >= 4 is 5.91 Å². The van der Waals surface area contributed by atoms with Gasteiger partial charge in [-0.2, -0.15) is 5.10 Å². The summed E-state index contributed by atoms with van der Waals surface area (Å²) in [7, 11) is 2.02. The van der Waals surface area contributed by atoms with Gasteiger partial charge in [0.1, 0.15) is 0 Å². The van der Waals surface area contributed by atoms with E-state index in [1.165, 1.54) is 43.4 Å². The monoisotopic (exact) mass is 318 g/mol. The summed E-state index contributed by atoms with van der Waals surface area (Å²) in [5.41, 5.74) is 3.84. The van der Waals surface area contributed by atoms with Crippen LogP contribution in [0.2, 0.25) is 0 Å². The van der Waals surface area contributed by atoms with Gasteiger partial charge in [0, 0.05) is 18.3 Å². The third kappa shape index (κ3) is 3.94. The fraction of sp³-hybridized carbons (Fsp3) is 0.778. The zero-order valence-electron chi connectivity index (χ0n) is 14.5. The van der Waals surface area contributed by atoms with E-state index in [4.69, 9.17) is 0 Å². The molecule has 5 nitrogen and oxygen atoms in total. The molecular formula is C18H30N4O. The van der Waals surface area contributed by atoms with Crippen LogP contribution in [0.4, 0.5) is 0 Å². The van der Waals surface area contributed by atoms with Gasteiger partial charge in [0.25, 0.3) is 0 Å². The fourth-order valence-corrected chi connectivity index (χ4v) is 3.82. The molecule has 128 valence electrons. The Morgan fingerprint density at radius 3 is 2.78 bits per heavy atom. The number of likely N-dealkylation sites (N-methyl/N-ethyl adjacent to an activating group) is 1. The van der Waals surface area contributed by atoms with E-state index in [0.29, 0.717) is 6.04 Å². The molecule has 1 saturated carbocycles. The second kappa shape index (κ2) is 7.47. The number of carbonyl (C=O) groups is 1. The van der Waals surface area contributed by atoms with Crippen molar-refractivity contribution in [1.29, 1.82) is 0 Å². The molecule has 1 aromatic heterocycles. The smallest absolute Gasteiger partial charge is 0.237 e. The Bertz CT molecular complexity index is 533. The van der Waals surface area contributed by atoms with E-state index in [9.17, 15) is 4.79 Å². The zero-order valence-corrected chi connectivity index (χ0v) is 14.5. The minimum Gasteiger partial charge on any atom is -0.352 e. The molecule has 0 radical (unpaired) electrons. The first-order valence-electron chi connectivity index (χ1n) is 9.20. The van der Waals surface area contributed by atoms with Crippen LogP contribution in [0.15, 0.2) is 0 Å². The summed E-state index contributed by atoms with van der Waals surface area (Å²) in [6.07, 6.45) is 10.8. The third-order valence-electron chi connectivity index (χ3n) is 5.53.